The Morgan fingerprint density at radius 1 is 1.24 bits per heavy atom. The number of aromatic amines is 1. The van der Waals surface area contributed by atoms with Gasteiger partial charge in [-0.1, -0.05) is 24.3 Å². The van der Waals surface area contributed by atoms with Gasteiger partial charge < -0.3 is 10.2 Å². The Morgan fingerprint density at radius 2 is 2.08 bits per heavy atom. The van der Waals surface area contributed by atoms with Crippen LogP contribution < -0.4 is 5.32 Å². The third-order valence-corrected chi connectivity index (χ3v) is 5.16. The number of aromatic nitrogens is 3. The molecule has 1 aliphatic heterocycles. The van der Waals surface area contributed by atoms with Crippen LogP contribution in [0, 0.1) is 0 Å². The Balaban J connectivity index is 1.31. The quantitative estimate of drug-likeness (QED) is 0.892. The molecule has 0 unspecified atom stereocenters. The van der Waals surface area contributed by atoms with Gasteiger partial charge in [0, 0.05) is 26.2 Å². The first kappa shape index (κ1) is 16.1. The Hall–Kier alpha value is -2.41. The van der Waals surface area contributed by atoms with Crippen LogP contribution in [0.3, 0.4) is 0 Å². The van der Waals surface area contributed by atoms with Gasteiger partial charge in [0.1, 0.15) is 12.2 Å². The molecule has 1 aromatic heterocycles. The van der Waals surface area contributed by atoms with Gasteiger partial charge in [-0.25, -0.2) is 9.78 Å². The van der Waals surface area contributed by atoms with Crippen molar-refractivity contribution in [1.82, 2.24) is 30.3 Å². The molecule has 2 N–H and O–H groups in total. The molecule has 1 saturated heterocycles. The Morgan fingerprint density at radius 3 is 2.88 bits per heavy atom. The summed E-state index contributed by atoms with van der Waals surface area (Å²) in [6, 6.07) is 8.67. The van der Waals surface area contributed by atoms with Gasteiger partial charge >= 0.3 is 6.03 Å². The van der Waals surface area contributed by atoms with Crippen molar-refractivity contribution in [2.24, 2.45) is 0 Å². The van der Waals surface area contributed by atoms with Gasteiger partial charge in [-0.3, -0.25) is 10.00 Å². The van der Waals surface area contributed by atoms with Crippen molar-refractivity contribution in [3.63, 3.8) is 0 Å². The lowest BCUT2D eigenvalue weighted by Crippen LogP contribution is -2.52. The highest BCUT2D eigenvalue weighted by Crippen LogP contribution is 2.29. The predicted molar refractivity (Wildman–Crippen MR) is 93.9 cm³/mol. The van der Waals surface area contributed by atoms with Crippen LogP contribution in [0.15, 0.2) is 30.6 Å². The summed E-state index contributed by atoms with van der Waals surface area (Å²) in [5.41, 5.74) is 2.65. The number of rotatable bonds is 3. The average Bonchev–Trinajstić information content (AvgIpc) is 3.16. The standard InChI is InChI=1S/C18H24N6O/c25-18(21-16-7-3-5-14-4-1-2-6-15(14)16)24-10-8-23(9-11-24)12-17-19-13-20-22-17/h1-2,4,6,13,16H,3,5,7-12H2,(H,21,25)(H,19,20,22)/t16-/m1/s1. The molecule has 7 nitrogen and oxygen atoms in total. The van der Waals surface area contributed by atoms with Crippen molar-refractivity contribution in [2.75, 3.05) is 26.2 Å². The highest BCUT2D eigenvalue weighted by molar-refractivity contribution is 5.75. The van der Waals surface area contributed by atoms with Crippen LogP contribution in [-0.4, -0.2) is 57.2 Å². The van der Waals surface area contributed by atoms with Crippen molar-refractivity contribution in [1.29, 1.82) is 0 Å². The van der Waals surface area contributed by atoms with Crippen LogP contribution in [0.4, 0.5) is 4.79 Å². The van der Waals surface area contributed by atoms with Crippen LogP contribution in [0.1, 0.15) is 35.8 Å². The summed E-state index contributed by atoms with van der Waals surface area (Å²) in [7, 11) is 0. The number of H-pyrrole nitrogens is 1. The first-order valence-corrected chi connectivity index (χ1v) is 8.99. The summed E-state index contributed by atoms with van der Waals surface area (Å²) < 4.78 is 0. The van der Waals surface area contributed by atoms with Gasteiger partial charge in [-0.05, 0) is 30.4 Å². The van der Waals surface area contributed by atoms with Crippen molar-refractivity contribution >= 4 is 6.03 Å². The molecule has 2 aromatic rings. The monoisotopic (exact) mass is 340 g/mol. The van der Waals surface area contributed by atoms with Crippen molar-refractivity contribution in [3.05, 3.63) is 47.5 Å². The summed E-state index contributed by atoms with van der Waals surface area (Å²) in [6.07, 6.45) is 4.80. The van der Waals surface area contributed by atoms with E-state index in [-0.39, 0.29) is 12.1 Å². The second-order valence-electron chi connectivity index (χ2n) is 6.79. The van der Waals surface area contributed by atoms with Gasteiger partial charge in [-0.2, -0.15) is 5.10 Å². The molecule has 2 heterocycles. The average molecular weight is 340 g/mol. The minimum atomic E-state index is 0.0565. The molecule has 2 aliphatic rings. The van der Waals surface area contributed by atoms with Gasteiger partial charge in [0.2, 0.25) is 0 Å². The number of hydrogen-bond donors (Lipinski definition) is 2. The van der Waals surface area contributed by atoms with E-state index in [4.69, 9.17) is 0 Å². The van der Waals surface area contributed by atoms with Gasteiger partial charge in [0.15, 0.2) is 0 Å². The normalized spacial score (nSPS) is 21.0. The molecule has 7 heteroatoms. The Labute approximate surface area is 147 Å². The maximum absolute atomic E-state index is 12.7. The molecule has 1 fully saturated rings. The number of piperazine rings is 1. The van der Waals surface area contributed by atoms with E-state index >= 15 is 0 Å². The lowest BCUT2D eigenvalue weighted by molar-refractivity contribution is 0.131. The van der Waals surface area contributed by atoms with Gasteiger partial charge in [0.25, 0.3) is 0 Å². The molecule has 1 atom stereocenters. The number of amides is 2. The molecule has 1 aliphatic carbocycles. The van der Waals surface area contributed by atoms with E-state index in [1.54, 1.807) is 0 Å². The van der Waals surface area contributed by atoms with Crippen LogP contribution in [0.25, 0.3) is 0 Å². The fourth-order valence-electron chi connectivity index (χ4n) is 3.77. The number of fused-ring (bicyclic) bond motifs is 1. The molecular weight excluding hydrogens is 316 g/mol. The zero-order valence-electron chi connectivity index (χ0n) is 14.3. The lowest BCUT2D eigenvalue weighted by atomic mass is 9.88. The molecule has 0 spiro atoms. The number of aryl methyl sites for hydroxylation is 1. The molecule has 0 bridgehead atoms. The van der Waals surface area contributed by atoms with E-state index in [1.165, 1.54) is 17.5 Å². The second kappa shape index (κ2) is 7.23. The number of hydrogen-bond acceptors (Lipinski definition) is 4. The summed E-state index contributed by atoms with van der Waals surface area (Å²) in [4.78, 5) is 21.0. The maximum atomic E-state index is 12.7. The molecule has 4 rings (SSSR count). The lowest BCUT2D eigenvalue weighted by Gasteiger charge is -2.36. The third kappa shape index (κ3) is 3.66. The summed E-state index contributed by atoms with van der Waals surface area (Å²) in [6.45, 7) is 3.96. The zero-order chi connectivity index (χ0) is 17.1. The first-order valence-electron chi connectivity index (χ1n) is 8.99. The van der Waals surface area contributed by atoms with Crippen molar-refractivity contribution < 1.29 is 4.79 Å². The molecule has 0 radical (unpaired) electrons. The fourth-order valence-corrected chi connectivity index (χ4v) is 3.77. The number of benzene rings is 1. The Bertz CT molecular complexity index is 708. The zero-order valence-corrected chi connectivity index (χ0v) is 14.3. The van der Waals surface area contributed by atoms with E-state index in [2.05, 4.69) is 49.7 Å². The second-order valence-corrected chi connectivity index (χ2v) is 6.79. The third-order valence-electron chi connectivity index (χ3n) is 5.16. The number of urea groups is 1. The van der Waals surface area contributed by atoms with E-state index in [1.807, 2.05) is 4.90 Å². The molecule has 0 saturated carbocycles. The summed E-state index contributed by atoms with van der Waals surface area (Å²) in [5, 5.41) is 10.0. The van der Waals surface area contributed by atoms with Crippen molar-refractivity contribution in [3.8, 4) is 0 Å². The molecule has 2 amide bonds. The maximum Gasteiger partial charge on any atom is 0.317 e. The molecule has 1 aromatic carbocycles. The SMILES string of the molecule is O=C(N[C@@H]1CCCc2ccccc21)N1CCN(Cc2ncn[nH]2)CC1. The highest BCUT2D eigenvalue weighted by atomic mass is 16.2. The molecular formula is C18H24N6O. The number of nitrogens with zero attached hydrogens (tertiary/aromatic N) is 4. The van der Waals surface area contributed by atoms with E-state index < -0.39 is 0 Å². The topological polar surface area (TPSA) is 77.2 Å². The van der Waals surface area contributed by atoms with Crippen LogP contribution in [0.2, 0.25) is 0 Å². The Kier molecular flexibility index (Phi) is 4.65. The summed E-state index contributed by atoms with van der Waals surface area (Å²) >= 11 is 0. The smallest absolute Gasteiger partial charge is 0.317 e. The molecule has 25 heavy (non-hydrogen) atoms. The van der Waals surface area contributed by atoms with Crippen molar-refractivity contribution in [2.45, 2.75) is 31.8 Å². The minimum absolute atomic E-state index is 0.0565. The number of nitrogens with one attached hydrogen (secondary N) is 2. The highest BCUT2D eigenvalue weighted by Gasteiger charge is 2.26. The van der Waals surface area contributed by atoms with Crippen LogP contribution in [0.5, 0.6) is 0 Å². The van der Waals surface area contributed by atoms with Crippen LogP contribution >= 0.6 is 0 Å². The number of carbonyl (C=O) groups excluding carboxylic acids is 1. The summed E-state index contributed by atoms with van der Waals surface area (Å²) in [5.74, 6) is 0.872. The van der Waals surface area contributed by atoms with Crippen LogP contribution in [-0.2, 0) is 13.0 Å². The minimum Gasteiger partial charge on any atom is -0.331 e. The molecule has 132 valence electrons. The van der Waals surface area contributed by atoms with E-state index in [9.17, 15) is 4.79 Å². The van der Waals surface area contributed by atoms with Gasteiger partial charge in [-0.15, -0.1) is 0 Å². The largest absolute Gasteiger partial charge is 0.331 e. The number of carbonyl (C=O) groups is 1. The fraction of sp³-hybridized carbons (Fsp3) is 0.500. The van der Waals surface area contributed by atoms with E-state index in [0.717, 1.165) is 57.8 Å². The van der Waals surface area contributed by atoms with E-state index in [0.29, 0.717) is 0 Å². The van der Waals surface area contributed by atoms with Gasteiger partial charge in [0.05, 0.1) is 12.6 Å². The first-order chi connectivity index (χ1) is 12.3. The predicted octanol–water partition coefficient (Wildman–Crippen LogP) is 1.71.